The highest BCUT2D eigenvalue weighted by Gasteiger charge is 2.21. The molecule has 0 heterocycles. The van der Waals surface area contributed by atoms with Gasteiger partial charge in [0, 0.05) is 18.2 Å². The van der Waals surface area contributed by atoms with Gasteiger partial charge in [-0.2, -0.15) is 0 Å². The SMILES string of the molecule is CC1CCC(N(C)CCOc2ccc(C(=N)N)cc2)CC1. The van der Waals surface area contributed by atoms with E-state index in [2.05, 4.69) is 18.9 Å². The van der Waals surface area contributed by atoms with Crippen LogP contribution in [0.5, 0.6) is 5.75 Å². The van der Waals surface area contributed by atoms with Crippen molar-refractivity contribution >= 4 is 5.84 Å². The standard InChI is InChI=1S/C17H27N3O/c1-13-3-7-15(8-4-13)20(2)11-12-21-16-9-5-14(6-10-16)17(18)19/h5-6,9-10,13,15H,3-4,7-8,11-12H2,1-2H3,(H3,18,19). The second kappa shape index (κ2) is 7.46. The Bertz CT molecular complexity index is 450. The Kier molecular flexibility index (Phi) is 5.62. The van der Waals surface area contributed by atoms with Crippen molar-refractivity contribution in [1.82, 2.24) is 4.90 Å². The molecule has 4 nitrogen and oxygen atoms in total. The number of rotatable bonds is 6. The molecule has 1 aromatic rings. The van der Waals surface area contributed by atoms with Crippen molar-refractivity contribution in [3.05, 3.63) is 29.8 Å². The molecule has 0 aromatic heterocycles. The topological polar surface area (TPSA) is 62.3 Å². The van der Waals surface area contributed by atoms with Crippen LogP contribution in [0.15, 0.2) is 24.3 Å². The molecule has 0 amide bonds. The van der Waals surface area contributed by atoms with Gasteiger partial charge in [-0.1, -0.05) is 6.92 Å². The van der Waals surface area contributed by atoms with E-state index < -0.39 is 0 Å². The molecule has 1 aliphatic rings. The number of nitrogens with zero attached hydrogens (tertiary/aromatic N) is 1. The Hall–Kier alpha value is -1.55. The summed E-state index contributed by atoms with van der Waals surface area (Å²) in [7, 11) is 2.20. The number of hydrogen-bond acceptors (Lipinski definition) is 3. The lowest BCUT2D eigenvalue weighted by Gasteiger charge is -2.33. The molecule has 1 saturated carbocycles. The van der Waals surface area contributed by atoms with Crippen LogP contribution < -0.4 is 10.5 Å². The summed E-state index contributed by atoms with van der Waals surface area (Å²) in [4.78, 5) is 2.43. The summed E-state index contributed by atoms with van der Waals surface area (Å²) >= 11 is 0. The third-order valence-corrected chi connectivity index (χ3v) is 4.49. The second-order valence-electron chi connectivity index (χ2n) is 6.18. The van der Waals surface area contributed by atoms with Crippen molar-refractivity contribution in [1.29, 1.82) is 5.41 Å². The zero-order chi connectivity index (χ0) is 15.2. The van der Waals surface area contributed by atoms with Crippen LogP contribution in [-0.4, -0.2) is 37.0 Å². The molecule has 0 aliphatic heterocycles. The minimum absolute atomic E-state index is 0.0906. The van der Waals surface area contributed by atoms with Crippen molar-refractivity contribution in [2.24, 2.45) is 11.7 Å². The number of amidine groups is 1. The number of ether oxygens (including phenoxy) is 1. The van der Waals surface area contributed by atoms with E-state index in [1.807, 2.05) is 24.3 Å². The molecule has 0 radical (unpaired) electrons. The first-order chi connectivity index (χ1) is 10.1. The molecular formula is C17H27N3O. The van der Waals surface area contributed by atoms with E-state index in [1.54, 1.807) is 0 Å². The van der Waals surface area contributed by atoms with Gasteiger partial charge in [-0.15, -0.1) is 0 Å². The number of likely N-dealkylation sites (N-methyl/N-ethyl adjacent to an activating group) is 1. The van der Waals surface area contributed by atoms with Crippen molar-refractivity contribution < 1.29 is 4.74 Å². The van der Waals surface area contributed by atoms with Crippen LogP contribution in [0.1, 0.15) is 38.2 Å². The first kappa shape index (κ1) is 15.8. The van der Waals surface area contributed by atoms with E-state index >= 15 is 0 Å². The largest absolute Gasteiger partial charge is 0.492 e. The fourth-order valence-corrected chi connectivity index (χ4v) is 2.90. The quantitative estimate of drug-likeness (QED) is 0.625. The maximum atomic E-state index is 7.36. The molecule has 0 spiro atoms. The predicted octanol–water partition coefficient (Wildman–Crippen LogP) is 2.86. The zero-order valence-electron chi connectivity index (χ0n) is 13.1. The first-order valence-corrected chi connectivity index (χ1v) is 7.83. The van der Waals surface area contributed by atoms with E-state index in [-0.39, 0.29) is 5.84 Å². The van der Waals surface area contributed by atoms with Gasteiger partial charge in [0.15, 0.2) is 0 Å². The molecule has 1 fully saturated rings. The molecule has 2 rings (SSSR count). The highest BCUT2D eigenvalue weighted by molar-refractivity contribution is 5.94. The van der Waals surface area contributed by atoms with Crippen LogP contribution in [0, 0.1) is 11.3 Å². The summed E-state index contributed by atoms with van der Waals surface area (Å²) in [5.74, 6) is 1.82. The van der Waals surface area contributed by atoms with Gasteiger partial charge < -0.3 is 15.4 Å². The predicted molar refractivity (Wildman–Crippen MR) is 87.0 cm³/mol. The summed E-state index contributed by atoms with van der Waals surface area (Å²) in [6.45, 7) is 4.00. The molecular weight excluding hydrogens is 262 g/mol. The Morgan fingerprint density at radius 1 is 1.24 bits per heavy atom. The second-order valence-corrected chi connectivity index (χ2v) is 6.18. The molecule has 0 saturated heterocycles. The van der Waals surface area contributed by atoms with Crippen LogP contribution in [0.25, 0.3) is 0 Å². The first-order valence-electron chi connectivity index (χ1n) is 7.83. The molecule has 1 aromatic carbocycles. The number of nitrogens with two attached hydrogens (primary N) is 1. The van der Waals surface area contributed by atoms with E-state index in [0.717, 1.165) is 23.8 Å². The Morgan fingerprint density at radius 3 is 2.43 bits per heavy atom. The zero-order valence-corrected chi connectivity index (χ0v) is 13.1. The molecule has 0 atom stereocenters. The van der Waals surface area contributed by atoms with Gasteiger partial charge in [0.2, 0.25) is 0 Å². The monoisotopic (exact) mass is 289 g/mol. The number of hydrogen-bond donors (Lipinski definition) is 2. The van der Waals surface area contributed by atoms with Crippen LogP contribution >= 0.6 is 0 Å². The third-order valence-electron chi connectivity index (χ3n) is 4.49. The normalized spacial score (nSPS) is 22.2. The van der Waals surface area contributed by atoms with Gasteiger partial charge in [0.25, 0.3) is 0 Å². The molecule has 1 aliphatic carbocycles. The van der Waals surface area contributed by atoms with E-state index in [1.165, 1.54) is 25.7 Å². The van der Waals surface area contributed by atoms with Gasteiger partial charge in [0.05, 0.1) is 0 Å². The number of nitrogens with one attached hydrogen (secondary N) is 1. The molecule has 0 bridgehead atoms. The minimum Gasteiger partial charge on any atom is -0.492 e. The van der Waals surface area contributed by atoms with E-state index in [9.17, 15) is 0 Å². The van der Waals surface area contributed by atoms with Crippen LogP contribution in [0.2, 0.25) is 0 Å². The Labute approximate surface area is 127 Å². The van der Waals surface area contributed by atoms with Crippen molar-refractivity contribution in [2.75, 3.05) is 20.2 Å². The summed E-state index contributed by atoms with van der Waals surface area (Å²) in [5, 5.41) is 7.36. The van der Waals surface area contributed by atoms with Crippen molar-refractivity contribution in [3.63, 3.8) is 0 Å². The molecule has 0 unspecified atom stereocenters. The van der Waals surface area contributed by atoms with Crippen LogP contribution in [-0.2, 0) is 0 Å². The van der Waals surface area contributed by atoms with E-state index in [4.69, 9.17) is 15.9 Å². The molecule has 116 valence electrons. The number of benzene rings is 1. The fourth-order valence-electron chi connectivity index (χ4n) is 2.90. The summed E-state index contributed by atoms with van der Waals surface area (Å²) in [5.41, 5.74) is 6.16. The molecule has 3 N–H and O–H groups in total. The highest BCUT2D eigenvalue weighted by atomic mass is 16.5. The number of nitrogen functional groups attached to an aromatic ring is 1. The lowest BCUT2D eigenvalue weighted by molar-refractivity contribution is 0.145. The summed E-state index contributed by atoms with van der Waals surface area (Å²) in [6, 6.07) is 8.11. The van der Waals surface area contributed by atoms with Crippen molar-refractivity contribution in [2.45, 2.75) is 38.6 Å². The highest BCUT2D eigenvalue weighted by Crippen LogP contribution is 2.26. The smallest absolute Gasteiger partial charge is 0.122 e. The van der Waals surface area contributed by atoms with E-state index in [0.29, 0.717) is 12.6 Å². The summed E-state index contributed by atoms with van der Waals surface area (Å²) in [6.07, 6.45) is 5.32. The molecule has 21 heavy (non-hydrogen) atoms. The van der Waals surface area contributed by atoms with Gasteiger partial charge >= 0.3 is 0 Å². The minimum atomic E-state index is 0.0906. The molecule has 4 heteroatoms. The van der Waals surface area contributed by atoms with Crippen molar-refractivity contribution in [3.8, 4) is 5.75 Å². The fraction of sp³-hybridized carbons (Fsp3) is 0.588. The lowest BCUT2D eigenvalue weighted by Crippen LogP contribution is -2.37. The average Bonchev–Trinajstić information content (AvgIpc) is 2.48. The lowest BCUT2D eigenvalue weighted by atomic mass is 9.87. The average molecular weight is 289 g/mol. The third kappa shape index (κ3) is 4.74. The maximum Gasteiger partial charge on any atom is 0.122 e. The van der Waals surface area contributed by atoms with Crippen LogP contribution in [0.4, 0.5) is 0 Å². The Balaban J connectivity index is 1.72. The maximum absolute atomic E-state index is 7.36. The Morgan fingerprint density at radius 2 is 1.86 bits per heavy atom. The van der Waals surface area contributed by atoms with Crippen LogP contribution in [0.3, 0.4) is 0 Å². The van der Waals surface area contributed by atoms with Gasteiger partial charge in [-0.05, 0) is 62.9 Å². The van der Waals surface area contributed by atoms with Gasteiger partial charge in [-0.3, -0.25) is 5.41 Å². The summed E-state index contributed by atoms with van der Waals surface area (Å²) < 4.78 is 5.77. The van der Waals surface area contributed by atoms with Gasteiger partial charge in [0.1, 0.15) is 18.2 Å². The van der Waals surface area contributed by atoms with Gasteiger partial charge in [-0.25, -0.2) is 0 Å².